The molecule has 0 unspecified atom stereocenters. The number of imide groups is 1. The van der Waals surface area contributed by atoms with Crippen molar-refractivity contribution in [3.63, 3.8) is 0 Å². The van der Waals surface area contributed by atoms with Gasteiger partial charge in [-0.3, -0.25) is 19.7 Å². The maximum Gasteiger partial charge on any atom is 0.290 e. The van der Waals surface area contributed by atoms with Gasteiger partial charge in [0, 0.05) is 5.69 Å². The zero-order valence-electron chi connectivity index (χ0n) is 16.4. The summed E-state index contributed by atoms with van der Waals surface area (Å²) in [6.07, 6.45) is 1.58. The zero-order valence-corrected chi connectivity index (χ0v) is 17.2. The molecule has 2 aromatic rings. The summed E-state index contributed by atoms with van der Waals surface area (Å²) in [5.74, 6) is 0.735. The highest BCUT2D eigenvalue weighted by Gasteiger charge is 2.25. The first kappa shape index (κ1) is 21.3. The Hall–Kier alpha value is -3.46. The molecule has 3 amide bonds. The van der Waals surface area contributed by atoms with E-state index in [9.17, 15) is 14.4 Å². The quantitative estimate of drug-likeness (QED) is 0.621. The number of nitrogens with one attached hydrogen (secondary N) is 2. The number of hydrogen-bond donors (Lipinski definition) is 2. The van der Waals surface area contributed by atoms with Crippen molar-refractivity contribution in [3.8, 4) is 17.2 Å². The Bertz CT molecular complexity index is 987. The molecule has 0 bridgehead atoms. The number of carbonyl (C=O) groups is 3. The topological polar surface area (TPSA) is 103 Å². The fourth-order valence-electron chi connectivity index (χ4n) is 2.61. The van der Waals surface area contributed by atoms with Gasteiger partial charge in [0.1, 0.15) is 5.75 Å². The van der Waals surface area contributed by atoms with Crippen LogP contribution in [-0.2, 0) is 9.59 Å². The van der Waals surface area contributed by atoms with E-state index in [4.69, 9.17) is 14.2 Å². The molecule has 1 fully saturated rings. The standard InChI is InChI=1S/C21H20N2O6S/c1-3-28-15-7-5-14(6-8-15)22-19(24)12-29-16-9-4-13(10-17(16)27-2)11-18-20(25)23-21(26)30-18/h4-11H,3,12H2,1-2H3,(H,22,24)(H,23,25,26)/b18-11-. The monoisotopic (exact) mass is 428 g/mol. The van der Waals surface area contributed by atoms with E-state index in [2.05, 4.69) is 10.6 Å². The van der Waals surface area contributed by atoms with Crippen LogP contribution in [0.4, 0.5) is 10.5 Å². The largest absolute Gasteiger partial charge is 0.494 e. The molecular formula is C21H20N2O6S. The molecule has 1 saturated heterocycles. The van der Waals surface area contributed by atoms with Crippen LogP contribution in [-0.4, -0.2) is 37.4 Å². The number of anilines is 1. The van der Waals surface area contributed by atoms with Crippen molar-refractivity contribution < 1.29 is 28.6 Å². The van der Waals surface area contributed by atoms with Crippen LogP contribution in [0.1, 0.15) is 12.5 Å². The van der Waals surface area contributed by atoms with Crippen LogP contribution in [0, 0.1) is 0 Å². The van der Waals surface area contributed by atoms with E-state index < -0.39 is 11.1 Å². The first-order chi connectivity index (χ1) is 14.5. The number of benzene rings is 2. The van der Waals surface area contributed by atoms with Crippen molar-refractivity contribution in [2.24, 2.45) is 0 Å². The Kier molecular flexibility index (Phi) is 6.97. The minimum Gasteiger partial charge on any atom is -0.494 e. The van der Waals surface area contributed by atoms with Crippen LogP contribution in [0.2, 0.25) is 0 Å². The van der Waals surface area contributed by atoms with E-state index in [0.717, 1.165) is 17.5 Å². The zero-order chi connectivity index (χ0) is 21.5. The molecule has 0 aromatic heterocycles. The molecule has 2 aromatic carbocycles. The lowest BCUT2D eigenvalue weighted by molar-refractivity contribution is -0.118. The SMILES string of the molecule is CCOc1ccc(NC(=O)COc2ccc(/C=C3\SC(=O)NC3=O)cc2OC)cc1. The van der Waals surface area contributed by atoms with Crippen LogP contribution in [0.25, 0.3) is 6.08 Å². The first-order valence-electron chi connectivity index (χ1n) is 9.07. The summed E-state index contributed by atoms with van der Waals surface area (Å²) >= 11 is 0.833. The minimum absolute atomic E-state index is 0.212. The Balaban J connectivity index is 1.60. The molecule has 1 aliphatic heterocycles. The smallest absolute Gasteiger partial charge is 0.290 e. The third-order valence-electron chi connectivity index (χ3n) is 3.94. The van der Waals surface area contributed by atoms with Crippen LogP contribution < -0.4 is 24.8 Å². The summed E-state index contributed by atoms with van der Waals surface area (Å²) in [5, 5.41) is 4.53. The first-order valence-corrected chi connectivity index (χ1v) is 9.88. The third kappa shape index (κ3) is 5.54. The van der Waals surface area contributed by atoms with Gasteiger partial charge in [-0.1, -0.05) is 6.07 Å². The van der Waals surface area contributed by atoms with Crippen molar-refractivity contribution in [1.82, 2.24) is 5.32 Å². The molecule has 0 radical (unpaired) electrons. The Morgan fingerprint density at radius 1 is 1.10 bits per heavy atom. The van der Waals surface area contributed by atoms with Gasteiger partial charge in [0.25, 0.3) is 17.1 Å². The normalized spacial score (nSPS) is 14.4. The summed E-state index contributed by atoms with van der Waals surface area (Å²) in [4.78, 5) is 35.4. The molecule has 156 valence electrons. The second-order valence-corrected chi connectivity index (χ2v) is 7.07. The fourth-order valence-corrected chi connectivity index (χ4v) is 3.29. The molecule has 3 rings (SSSR count). The summed E-state index contributed by atoms with van der Waals surface area (Å²) in [6.45, 7) is 2.26. The molecule has 1 heterocycles. The summed E-state index contributed by atoms with van der Waals surface area (Å²) in [7, 11) is 1.47. The average Bonchev–Trinajstić information content (AvgIpc) is 3.05. The van der Waals surface area contributed by atoms with E-state index in [1.807, 2.05) is 6.92 Å². The predicted molar refractivity (Wildman–Crippen MR) is 114 cm³/mol. The molecule has 30 heavy (non-hydrogen) atoms. The molecule has 0 spiro atoms. The van der Waals surface area contributed by atoms with Crippen molar-refractivity contribution in [2.45, 2.75) is 6.92 Å². The van der Waals surface area contributed by atoms with Gasteiger partial charge in [-0.05, 0) is 66.7 Å². The Morgan fingerprint density at radius 2 is 1.87 bits per heavy atom. The van der Waals surface area contributed by atoms with Gasteiger partial charge in [0.05, 0.1) is 18.6 Å². The van der Waals surface area contributed by atoms with Crippen LogP contribution in [0.15, 0.2) is 47.4 Å². The number of hydrogen-bond acceptors (Lipinski definition) is 7. The molecule has 0 aliphatic carbocycles. The summed E-state index contributed by atoms with van der Waals surface area (Å²) in [5.41, 5.74) is 1.29. The van der Waals surface area contributed by atoms with Crippen molar-refractivity contribution >= 4 is 40.6 Å². The van der Waals surface area contributed by atoms with E-state index in [1.54, 1.807) is 48.5 Å². The maximum absolute atomic E-state index is 12.2. The maximum atomic E-state index is 12.2. The van der Waals surface area contributed by atoms with Gasteiger partial charge >= 0.3 is 0 Å². The number of ether oxygens (including phenoxy) is 3. The van der Waals surface area contributed by atoms with Gasteiger partial charge in [-0.25, -0.2) is 0 Å². The van der Waals surface area contributed by atoms with Crippen molar-refractivity contribution in [1.29, 1.82) is 0 Å². The van der Waals surface area contributed by atoms with Crippen molar-refractivity contribution in [2.75, 3.05) is 25.6 Å². The lowest BCUT2D eigenvalue weighted by atomic mass is 10.2. The third-order valence-corrected chi connectivity index (χ3v) is 4.75. The fraction of sp³-hybridized carbons (Fsp3) is 0.190. The number of methoxy groups -OCH3 is 1. The van der Waals surface area contributed by atoms with E-state index in [1.165, 1.54) is 7.11 Å². The number of thioether (sulfide) groups is 1. The molecule has 8 nitrogen and oxygen atoms in total. The molecule has 9 heteroatoms. The highest BCUT2D eigenvalue weighted by atomic mass is 32.2. The molecular weight excluding hydrogens is 408 g/mol. The minimum atomic E-state index is -0.435. The predicted octanol–water partition coefficient (Wildman–Crippen LogP) is 3.44. The van der Waals surface area contributed by atoms with Gasteiger partial charge in [0.2, 0.25) is 0 Å². The second-order valence-electron chi connectivity index (χ2n) is 6.06. The number of amides is 3. The van der Waals surface area contributed by atoms with E-state index in [0.29, 0.717) is 34.3 Å². The van der Waals surface area contributed by atoms with Crippen LogP contribution in [0.5, 0.6) is 17.2 Å². The van der Waals surface area contributed by atoms with Crippen LogP contribution >= 0.6 is 11.8 Å². The Labute approximate surface area is 177 Å². The van der Waals surface area contributed by atoms with Gasteiger partial charge < -0.3 is 19.5 Å². The lowest BCUT2D eigenvalue weighted by Crippen LogP contribution is -2.20. The lowest BCUT2D eigenvalue weighted by Gasteiger charge is -2.12. The molecule has 0 atom stereocenters. The molecule has 2 N–H and O–H groups in total. The van der Waals surface area contributed by atoms with Crippen molar-refractivity contribution in [3.05, 3.63) is 52.9 Å². The molecule has 0 saturated carbocycles. The molecule has 1 aliphatic rings. The number of rotatable bonds is 8. The van der Waals surface area contributed by atoms with Crippen LogP contribution in [0.3, 0.4) is 0 Å². The van der Waals surface area contributed by atoms with Gasteiger partial charge in [-0.15, -0.1) is 0 Å². The average molecular weight is 428 g/mol. The van der Waals surface area contributed by atoms with E-state index in [-0.39, 0.29) is 12.5 Å². The van der Waals surface area contributed by atoms with Gasteiger partial charge in [-0.2, -0.15) is 0 Å². The van der Waals surface area contributed by atoms with Gasteiger partial charge in [0.15, 0.2) is 18.1 Å². The summed E-state index contributed by atoms with van der Waals surface area (Å²) < 4.78 is 16.2. The summed E-state index contributed by atoms with van der Waals surface area (Å²) in [6, 6.07) is 12.0. The Morgan fingerprint density at radius 3 is 2.50 bits per heavy atom. The highest BCUT2D eigenvalue weighted by Crippen LogP contribution is 2.31. The number of carbonyl (C=O) groups excluding carboxylic acids is 3. The van der Waals surface area contributed by atoms with E-state index >= 15 is 0 Å². The second kappa shape index (κ2) is 9.84. The highest BCUT2D eigenvalue weighted by molar-refractivity contribution is 8.18.